The van der Waals surface area contributed by atoms with E-state index in [0.29, 0.717) is 60.9 Å². The summed E-state index contributed by atoms with van der Waals surface area (Å²) in [4.78, 5) is 40.2. The molecule has 192 valence electrons. The Balaban J connectivity index is 1.37. The van der Waals surface area contributed by atoms with Gasteiger partial charge in [0.25, 0.3) is 5.91 Å². The number of fused-ring (bicyclic) bond motifs is 1. The first-order chi connectivity index (χ1) is 17.2. The maximum absolute atomic E-state index is 12.9. The lowest BCUT2D eigenvalue weighted by Gasteiger charge is -2.44. The van der Waals surface area contributed by atoms with Crippen molar-refractivity contribution < 1.29 is 33.3 Å². The number of rotatable bonds is 6. The molecule has 0 atom stereocenters. The van der Waals surface area contributed by atoms with Crippen LogP contribution in [0.5, 0.6) is 23.0 Å². The van der Waals surface area contributed by atoms with Gasteiger partial charge in [-0.3, -0.25) is 14.4 Å². The maximum Gasteiger partial charge on any atom is 0.251 e. The average Bonchev–Trinajstić information content (AvgIpc) is 2.85. The number of likely N-dealkylation sites (tertiary alicyclic amines) is 1. The Kier molecular flexibility index (Phi) is 7.10. The van der Waals surface area contributed by atoms with E-state index in [4.69, 9.17) is 18.9 Å². The van der Waals surface area contributed by atoms with E-state index in [-0.39, 0.29) is 23.8 Å². The van der Waals surface area contributed by atoms with Crippen LogP contribution in [0.2, 0.25) is 0 Å². The molecule has 1 saturated heterocycles. The van der Waals surface area contributed by atoms with Gasteiger partial charge in [-0.1, -0.05) is 6.07 Å². The lowest BCUT2D eigenvalue weighted by molar-refractivity contribution is -0.133. The molecule has 0 aliphatic carbocycles. The normalized spacial score (nSPS) is 16.1. The maximum atomic E-state index is 12.9. The molecule has 0 aromatic heterocycles. The lowest BCUT2D eigenvalue weighted by Crippen LogP contribution is -2.53. The third-order valence-electron chi connectivity index (χ3n) is 6.89. The van der Waals surface area contributed by atoms with Crippen molar-refractivity contribution in [3.05, 3.63) is 46.5 Å². The number of hydrogen-bond donors (Lipinski definition) is 1. The minimum atomic E-state index is -0.597. The summed E-state index contributed by atoms with van der Waals surface area (Å²) in [6.07, 6.45) is 1.42. The topological polar surface area (TPSA) is 103 Å². The minimum Gasteiger partial charge on any atom is -0.493 e. The smallest absolute Gasteiger partial charge is 0.251 e. The highest BCUT2D eigenvalue weighted by Gasteiger charge is 2.44. The molecule has 1 spiro atoms. The first kappa shape index (κ1) is 25.3. The third kappa shape index (κ3) is 4.82. The van der Waals surface area contributed by atoms with Crippen LogP contribution in [0.4, 0.5) is 0 Å². The van der Waals surface area contributed by atoms with Crippen LogP contribution in [-0.2, 0) is 4.79 Å². The Hall–Kier alpha value is -3.75. The van der Waals surface area contributed by atoms with E-state index in [2.05, 4.69) is 5.32 Å². The van der Waals surface area contributed by atoms with Crippen LogP contribution in [0.1, 0.15) is 51.1 Å². The predicted molar refractivity (Wildman–Crippen MR) is 132 cm³/mol. The number of piperidine rings is 1. The molecule has 9 nitrogen and oxygen atoms in total. The van der Waals surface area contributed by atoms with Crippen LogP contribution < -0.4 is 24.3 Å². The van der Waals surface area contributed by atoms with E-state index in [1.807, 2.05) is 26.0 Å². The van der Waals surface area contributed by atoms with Gasteiger partial charge < -0.3 is 29.2 Å². The third-order valence-corrected chi connectivity index (χ3v) is 6.89. The van der Waals surface area contributed by atoms with Gasteiger partial charge in [0.2, 0.25) is 11.7 Å². The molecule has 0 unspecified atom stereocenters. The highest BCUT2D eigenvalue weighted by atomic mass is 16.5. The summed E-state index contributed by atoms with van der Waals surface area (Å²) in [7, 11) is 4.42. The zero-order valence-electron chi connectivity index (χ0n) is 21.4. The van der Waals surface area contributed by atoms with Gasteiger partial charge in [-0.15, -0.1) is 0 Å². The molecule has 2 heterocycles. The molecular weight excluding hydrogens is 464 g/mol. The molecule has 9 heteroatoms. The molecule has 2 aliphatic heterocycles. The van der Waals surface area contributed by atoms with Gasteiger partial charge in [-0.25, -0.2) is 0 Å². The predicted octanol–water partition coefficient (Wildman–Crippen LogP) is 3.09. The van der Waals surface area contributed by atoms with Gasteiger partial charge in [0, 0.05) is 31.5 Å². The van der Waals surface area contributed by atoms with Gasteiger partial charge >= 0.3 is 0 Å². The lowest BCUT2D eigenvalue weighted by atomic mass is 9.81. The molecular formula is C27H32N2O7. The number of nitrogens with zero attached hydrogens (tertiary/aromatic N) is 1. The van der Waals surface area contributed by atoms with E-state index >= 15 is 0 Å². The van der Waals surface area contributed by atoms with Crippen LogP contribution >= 0.6 is 0 Å². The summed E-state index contributed by atoms with van der Waals surface area (Å²) < 4.78 is 22.2. The molecule has 1 N–H and O–H groups in total. The van der Waals surface area contributed by atoms with Gasteiger partial charge in [0.15, 0.2) is 17.3 Å². The largest absolute Gasteiger partial charge is 0.493 e. The molecule has 2 aromatic rings. The molecule has 0 bridgehead atoms. The number of ketones is 1. The quantitative estimate of drug-likeness (QED) is 0.656. The van der Waals surface area contributed by atoms with Gasteiger partial charge in [-0.05, 0) is 43.2 Å². The Morgan fingerprint density at radius 2 is 1.64 bits per heavy atom. The zero-order valence-corrected chi connectivity index (χ0v) is 21.4. The fourth-order valence-electron chi connectivity index (χ4n) is 5.04. The zero-order chi connectivity index (χ0) is 26.0. The number of amides is 2. The average molecular weight is 497 g/mol. The number of ether oxygens (including phenoxy) is 4. The number of methoxy groups -OCH3 is 3. The van der Waals surface area contributed by atoms with Gasteiger partial charge in [0.05, 0.1) is 39.9 Å². The minimum absolute atomic E-state index is 0.0890. The summed E-state index contributed by atoms with van der Waals surface area (Å²) in [5.41, 5.74) is 2.33. The van der Waals surface area contributed by atoms with Crippen molar-refractivity contribution in [2.45, 2.75) is 38.7 Å². The van der Waals surface area contributed by atoms with Crippen LogP contribution in [0.15, 0.2) is 24.3 Å². The Bertz CT molecular complexity index is 1170. The van der Waals surface area contributed by atoms with Crippen molar-refractivity contribution in [1.82, 2.24) is 10.2 Å². The van der Waals surface area contributed by atoms with Gasteiger partial charge in [0.1, 0.15) is 11.4 Å². The second-order valence-electron chi connectivity index (χ2n) is 9.32. The van der Waals surface area contributed by atoms with Crippen LogP contribution in [0.25, 0.3) is 0 Å². The fourth-order valence-corrected chi connectivity index (χ4v) is 5.04. The number of benzene rings is 2. The summed E-state index contributed by atoms with van der Waals surface area (Å²) >= 11 is 0. The van der Waals surface area contributed by atoms with Crippen molar-refractivity contribution in [2.24, 2.45) is 0 Å². The highest BCUT2D eigenvalue weighted by molar-refractivity contribution is 6.02. The second kappa shape index (κ2) is 10.1. The summed E-state index contributed by atoms with van der Waals surface area (Å²) in [6.45, 7) is 4.66. The van der Waals surface area contributed by atoms with E-state index in [9.17, 15) is 14.4 Å². The van der Waals surface area contributed by atoms with Crippen molar-refractivity contribution in [2.75, 3.05) is 41.0 Å². The molecule has 2 aromatic carbocycles. The van der Waals surface area contributed by atoms with E-state index in [1.54, 1.807) is 4.90 Å². The summed E-state index contributed by atoms with van der Waals surface area (Å²) in [5, 5.41) is 2.67. The summed E-state index contributed by atoms with van der Waals surface area (Å²) in [5.74, 6) is 1.19. The van der Waals surface area contributed by atoms with Crippen molar-refractivity contribution >= 4 is 17.6 Å². The molecule has 4 rings (SSSR count). The Morgan fingerprint density at radius 3 is 2.22 bits per heavy atom. The first-order valence-corrected chi connectivity index (χ1v) is 11.9. The van der Waals surface area contributed by atoms with E-state index in [0.717, 1.165) is 11.1 Å². The fraction of sp³-hybridized carbons (Fsp3) is 0.444. The first-order valence-electron chi connectivity index (χ1n) is 11.9. The Morgan fingerprint density at radius 1 is 1.00 bits per heavy atom. The van der Waals surface area contributed by atoms with Crippen LogP contribution in [0.3, 0.4) is 0 Å². The van der Waals surface area contributed by atoms with Crippen molar-refractivity contribution in [3.63, 3.8) is 0 Å². The molecule has 2 aliphatic rings. The number of Topliss-reactive ketones (excluding diaryl/α,β-unsaturated/α-hetero) is 1. The second-order valence-corrected chi connectivity index (χ2v) is 9.32. The number of aryl methyl sites for hydroxylation is 2. The molecule has 1 fully saturated rings. The standard InChI is InChI=1S/C27H32N2O7/c1-16-10-17(2)24-19(30)14-27(36-20(24)11-16)6-8-29(9-7-27)23(31)15-28-26(32)18-12-21(33-3)25(35-5)22(13-18)34-4/h10-13H,6-9,14-15H2,1-5H3,(H,28,32). The molecule has 0 radical (unpaired) electrons. The SMILES string of the molecule is COc1cc(C(=O)NCC(=O)N2CCC3(CC2)CC(=O)c2c(C)cc(C)cc2O3)cc(OC)c1OC. The number of hydrogen-bond acceptors (Lipinski definition) is 7. The van der Waals surface area contributed by atoms with Crippen molar-refractivity contribution in [3.8, 4) is 23.0 Å². The van der Waals surface area contributed by atoms with Crippen LogP contribution in [0, 0.1) is 13.8 Å². The molecule has 0 saturated carbocycles. The van der Waals surface area contributed by atoms with E-state index < -0.39 is 11.5 Å². The van der Waals surface area contributed by atoms with Crippen LogP contribution in [-0.4, -0.2) is 69.1 Å². The van der Waals surface area contributed by atoms with E-state index in [1.165, 1.54) is 33.5 Å². The number of carbonyl (C=O) groups is 3. The monoisotopic (exact) mass is 496 g/mol. The Labute approximate surface area is 210 Å². The number of carbonyl (C=O) groups excluding carboxylic acids is 3. The highest BCUT2D eigenvalue weighted by Crippen LogP contribution is 2.41. The molecule has 2 amide bonds. The number of nitrogens with one attached hydrogen (secondary N) is 1. The van der Waals surface area contributed by atoms with Crippen molar-refractivity contribution in [1.29, 1.82) is 0 Å². The molecule has 36 heavy (non-hydrogen) atoms. The summed E-state index contributed by atoms with van der Waals surface area (Å²) in [6, 6.07) is 6.97. The van der Waals surface area contributed by atoms with Gasteiger partial charge in [-0.2, -0.15) is 0 Å².